The summed E-state index contributed by atoms with van der Waals surface area (Å²) in [5.41, 5.74) is 6.47. The molecule has 1 aliphatic rings. The first kappa shape index (κ1) is 18.4. The highest BCUT2D eigenvalue weighted by Crippen LogP contribution is 2.33. The third-order valence-electron chi connectivity index (χ3n) is 5.75. The Bertz CT molecular complexity index is 1050. The number of methoxy groups -OCH3 is 2. The maximum Gasteiger partial charge on any atom is 0.227 e. The van der Waals surface area contributed by atoms with Gasteiger partial charge < -0.3 is 18.8 Å². The molecule has 1 aliphatic heterocycles. The zero-order valence-electron chi connectivity index (χ0n) is 16.8. The monoisotopic (exact) mass is 379 g/mol. The molecular weight excluding hydrogens is 354 g/mol. The van der Waals surface area contributed by atoms with Crippen LogP contribution in [0.15, 0.2) is 34.9 Å². The van der Waals surface area contributed by atoms with Crippen molar-refractivity contribution in [3.63, 3.8) is 0 Å². The van der Waals surface area contributed by atoms with Crippen LogP contribution in [0.2, 0.25) is 0 Å². The number of nitrogens with zero attached hydrogens (tertiary/aromatic N) is 1. The van der Waals surface area contributed by atoms with E-state index < -0.39 is 0 Å². The molecule has 4 rings (SSSR count). The number of aryl methyl sites for hydroxylation is 2. The average Bonchev–Trinajstić information content (AvgIpc) is 3.12. The van der Waals surface area contributed by atoms with Crippen LogP contribution in [0.1, 0.15) is 27.8 Å². The van der Waals surface area contributed by atoms with Gasteiger partial charge in [0.15, 0.2) is 11.5 Å². The molecule has 2 heterocycles. The normalized spacial score (nSPS) is 13.5. The molecule has 0 fully saturated rings. The fourth-order valence-corrected chi connectivity index (χ4v) is 3.90. The molecule has 0 atom stereocenters. The number of hydrogen-bond acceptors (Lipinski definition) is 4. The lowest BCUT2D eigenvalue weighted by molar-refractivity contribution is -0.131. The summed E-state index contributed by atoms with van der Waals surface area (Å²) in [6.07, 6.45) is 2.88. The first-order chi connectivity index (χ1) is 13.5. The van der Waals surface area contributed by atoms with Crippen LogP contribution < -0.4 is 9.47 Å². The molecule has 0 spiro atoms. The van der Waals surface area contributed by atoms with Crippen molar-refractivity contribution < 1.29 is 18.7 Å². The molecule has 1 aromatic heterocycles. The number of ether oxygens (including phenoxy) is 2. The number of rotatable bonds is 4. The van der Waals surface area contributed by atoms with E-state index in [9.17, 15) is 4.79 Å². The van der Waals surface area contributed by atoms with Crippen LogP contribution in [0.4, 0.5) is 0 Å². The summed E-state index contributed by atoms with van der Waals surface area (Å²) in [7, 11) is 3.27. The topological polar surface area (TPSA) is 51.9 Å². The minimum Gasteiger partial charge on any atom is -0.493 e. The van der Waals surface area contributed by atoms with Gasteiger partial charge in [-0.25, -0.2) is 0 Å². The highest BCUT2D eigenvalue weighted by molar-refractivity contribution is 5.89. The van der Waals surface area contributed by atoms with Gasteiger partial charge in [-0.3, -0.25) is 4.79 Å². The Morgan fingerprint density at radius 2 is 1.82 bits per heavy atom. The molecule has 146 valence electrons. The largest absolute Gasteiger partial charge is 0.493 e. The zero-order chi connectivity index (χ0) is 19.8. The number of hydrogen-bond donors (Lipinski definition) is 0. The SMILES string of the molecule is COc1cc2c(cc1OC)CN(C(=O)Cc1coc3c(C)c(C)ccc13)CC2. The van der Waals surface area contributed by atoms with E-state index in [2.05, 4.69) is 19.9 Å². The molecule has 0 saturated carbocycles. The van der Waals surface area contributed by atoms with E-state index in [-0.39, 0.29) is 5.91 Å². The predicted octanol–water partition coefficient (Wildman–Crippen LogP) is 4.19. The summed E-state index contributed by atoms with van der Waals surface area (Å²) in [6, 6.07) is 8.13. The minimum absolute atomic E-state index is 0.112. The third-order valence-corrected chi connectivity index (χ3v) is 5.75. The second kappa shape index (κ2) is 7.23. The standard InChI is InChI=1S/C23H25NO4/c1-14-5-6-19-18(13-28-23(19)15(14)2)11-22(25)24-8-7-16-9-20(26-3)21(27-4)10-17(16)12-24/h5-6,9-10,13H,7-8,11-12H2,1-4H3. The van der Waals surface area contributed by atoms with Crippen molar-refractivity contribution in [2.75, 3.05) is 20.8 Å². The molecule has 0 saturated heterocycles. The van der Waals surface area contributed by atoms with E-state index >= 15 is 0 Å². The molecule has 5 heteroatoms. The molecule has 3 aromatic rings. The van der Waals surface area contributed by atoms with Crippen molar-refractivity contribution in [2.24, 2.45) is 0 Å². The number of carbonyl (C=O) groups excluding carboxylic acids is 1. The summed E-state index contributed by atoms with van der Waals surface area (Å²) in [5, 5.41) is 1.03. The number of fused-ring (bicyclic) bond motifs is 2. The van der Waals surface area contributed by atoms with Crippen molar-refractivity contribution in [1.29, 1.82) is 0 Å². The smallest absolute Gasteiger partial charge is 0.227 e. The van der Waals surface area contributed by atoms with Crippen molar-refractivity contribution in [3.05, 3.63) is 58.3 Å². The fraction of sp³-hybridized carbons (Fsp3) is 0.348. The second-order valence-electron chi connectivity index (χ2n) is 7.36. The molecule has 0 bridgehead atoms. The molecule has 1 amide bonds. The quantitative estimate of drug-likeness (QED) is 0.682. The number of benzene rings is 2. The Morgan fingerprint density at radius 3 is 2.54 bits per heavy atom. The first-order valence-electron chi connectivity index (χ1n) is 9.49. The molecule has 28 heavy (non-hydrogen) atoms. The lowest BCUT2D eigenvalue weighted by Crippen LogP contribution is -2.36. The molecule has 5 nitrogen and oxygen atoms in total. The van der Waals surface area contributed by atoms with Crippen LogP contribution >= 0.6 is 0 Å². The summed E-state index contributed by atoms with van der Waals surface area (Å²) in [4.78, 5) is 14.9. The Kier molecular flexibility index (Phi) is 4.75. The van der Waals surface area contributed by atoms with Crippen LogP contribution in [0, 0.1) is 13.8 Å². The van der Waals surface area contributed by atoms with Gasteiger partial charge >= 0.3 is 0 Å². The Hall–Kier alpha value is -2.95. The Labute approximate surface area is 164 Å². The van der Waals surface area contributed by atoms with Gasteiger partial charge in [0, 0.05) is 24.0 Å². The highest BCUT2D eigenvalue weighted by Gasteiger charge is 2.24. The van der Waals surface area contributed by atoms with Gasteiger partial charge in [0.2, 0.25) is 5.91 Å². The molecule has 2 aromatic carbocycles. The summed E-state index contributed by atoms with van der Waals surface area (Å²) in [5.74, 6) is 1.54. The molecule has 0 N–H and O–H groups in total. The van der Waals surface area contributed by atoms with Gasteiger partial charge in [-0.05, 0) is 54.7 Å². The van der Waals surface area contributed by atoms with Crippen LogP contribution in [0.25, 0.3) is 11.0 Å². The predicted molar refractivity (Wildman–Crippen MR) is 108 cm³/mol. The third kappa shape index (κ3) is 3.11. The molecule has 0 radical (unpaired) electrons. The van der Waals surface area contributed by atoms with Crippen LogP contribution in [-0.4, -0.2) is 31.6 Å². The second-order valence-corrected chi connectivity index (χ2v) is 7.36. The van der Waals surface area contributed by atoms with Crippen molar-refractivity contribution >= 4 is 16.9 Å². The van der Waals surface area contributed by atoms with E-state index in [1.54, 1.807) is 20.5 Å². The highest BCUT2D eigenvalue weighted by atomic mass is 16.5. The zero-order valence-corrected chi connectivity index (χ0v) is 16.8. The van der Waals surface area contributed by atoms with Gasteiger partial charge in [-0.1, -0.05) is 12.1 Å². The van der Waals surface area contributed by atoms with Gasteiger partial charge in [0.05, 0.1) is 26.9 Å². The summed E-state index contributed by atoms with van der Waals surface area (Å²) in [6.45, 7) is 5.41. The summed E-state index contributed by atoms with van der Waals surface area (Å²) >= 11 is 0. The lowest BCUT2D eigenvalue weighted by atomic mass is 9.98. The van der Waals surface area contributed by atoms with Crippen molar-refractivity contribution in [2.45, 2.75) is 33.2 Å². The van der Waals surface area contributed by atoms with E-state index in [4.69, 9.17) is 13.9 Å². The number of amides is 1. The first-order valence-corrected chi connectivity index (χ1v) is 9.49. The number of carbonyl (C=O) groups is 1. The maximum absolute atomic E-state index is 13.0. The van der Waals surface area contributed by atoms with Gasteiger partial charge in [0.25, 0.3) is 0 Å². The van der Waals surface area contributed by atoms with E-state index in [1.165, 1.54) is 11.1 Å². The van der Waals surface area contributed by atoms with Gasteiger partial charge in [-0.2, -0.15) is 0 Å². The van der Waals surface area contributed by atoms with E-state index in [0.717, 1.165) is 39.8 Å². The van der Waals surface area contributed by atoms with E-state index in [1.807, 2.05) is 23.1 Å². The average molecular weight is 379 g/mol. The van der Waals surface area contributed by atoms with E-state index in [0.29, 0.717) is 25.3 Å². The lowest BCUT2D eigenvalue weighted by Gasteiger charge is -2.29. The number of furan rings is 1. The van der Waals surface area contributed by atoms with Crippen LogP contribution in [0.3, 0.4) is 0 Å². The molecule has 0 aliphatic carbocycles. The fourth-order valence-electron chi connectivity index (χ4n) is 3.90. The Morgan fingerprint density at radius 1 is 1.11 bits per heavy atom. The maximum atomic E-state index is 13.0. The van der Waals surface area contributed by atoms with Crippen molar-refractivity contribution in [3.8, 4) is 11.5 Å². The van der Waals surface area contributed by atoms with Gasteiger partial charge in [0.1, 0.15) is 5.58 Å². The van der Waals surface area contributed by atoms with Crippen LogP contribution in [-0.2, 0) is 24.2 Å². The minimum atomic E-state index is 0.112. The van der Waals surface area contributed by atoms with Gasteiger partial charge in [-0.15, -0.1) is 0 Å². The molecule has 0 unspecified atom stereocenters. The van der Waals surface area contributed by atoms with Crippen molar-refractivity contribution in [1.82, 2.24) is 4.90 Å². The van der Waals surface area contributed by atoms with Crippen LogP contribution in [0.5, 0.6) is 11.5 Å². The Balaban J connectivity index is 1.55. The summed E-state index contributed by atoms with van der Waals surface area (Å²) < 4.78 is 16.6. The molecular formula is C23H25NO4.